The minimum Gasteiger partial charge on any atom is -0.444 e. The maximum Gasteiger partial charge on any atom is 0.258 e. The van der Waals surface area contributed by atoms with Crippen LogP contribution in [0, 0.1) is 6.92 Å². The molecule has 2 heterocycles. The summed E-state index contributed by atoms with van der Waals surface area (Å²) in [4.78, 5) is 38.9. The van der Waals surface area contributed by atoms with E-state index in [2.05, 4.69) is 10.3 Å². The van der Waals surface area contributed by atoms with Crippen molar-refractivity contribution in [3.63, 3.8) is 0 Å². The Labute approximate surface area is 120 Å². The van der Waals surface area contributed by atoms with Gasteiger partial charge in [0, 0.05) is 18.0 Å². The van der Waals surface area contributed by atoms with Crippen molar-refractivity contribution in [2.45, 2.75) is 13.8 Å². The number of nitrogens with two attached hydrogens (primary N) is 1. The summed E-state index contributed by atoms with van der Waals surface area (Å²) >= 11 is 0. The molecule has 0 fully saturated rings. The second-order valence-corrected chi connectivity index (χ2v) is 4.35. The van der Waals surface area contributed by atoms with Crippen molar-refractivity contribution in [3.8, 4) is 0 Å². The van der Waals surface area contributed by atoms with Gasteiger partial charge < -0.3 is 10.2 Å². The lowest BCUT2D eigenvalue weighted by atomic mass is 10.1. The van der Waals surface area contributed by atoms with E-state index in [1.54, 1.807) is 0 Å². The van der Waals surface area contributed by atoms with Gasteiger partial charge in [0.15, 0.2) is 5.78 Å². The molecule has 2 amide bonds. The molecule has 0 atom stereocenters. The number of primary amides is 1. The molecule has 7 nitrogen and oxygen atoms in total. The first-order chi connectivity index (χ1) is 9.91. The number of ketones is 1. The molecule has 0 aliphatic heterocycles. The molecule has 0 aliphatic rings. The number of nitrogens with one attached hydrogen (secondary N) is 1. The zero-order chi connectivity index (χ0) is 15.6. The summed E-state index contributed by atoms with van der Waals surface area (Å²) in [7, 11) is 0. The molecule has 0 unspecified atom stereocenters. The summed E-state index contributed by atoms with van der Waals surface area (Å²) in [5.41, 5.74) is 5.55. The number of anilines is 1. The predicted molar refractivity (Wildman–Crippen MR) is 74.2 cm³/mol. The number of hydrogen-bond acceptors (Lipinski definition) is 5. The third-order valence-corrected chi connectivity index (χ3v) is 2.85. The van der Waals surface area contributed by atoms with Crippen molar-refractivity contribution in [2.75, 3.05) is 5.32 Å². The molecule has 0 aliphatic carbocycles. The Morgan fingerprint density at radius 2 is 1.81 bits per heavy atom. The molecule has 0 saturated carbocycles. The van der Waals surface area contributed by atoms with Crippen LogP contribution in [0.3, 0.4) is 0 Å². The number of carbonyl (C=O) groups excluding carboxylic acids is 3. The van der Waals surface area contributed by atoms with Gasteiger partial charge in [0.2, 0.25) is 5.88 Å². The van der Waals surface area contributed by atoms with Crippen LogP contribution >= 0.6 is 0 Å². The summed E-state index contributed by atoms with van der Waals surface area (Å²) in [5, 5.41) is 2.44. The van der Waals surface area contributed by atoms with Gasteiger partial charge in [-0.3, -0.25) is 24.7 Å². The molecule has 2 aromatic heterocycles. The molecule has 0 bridgehead atoms. The van der Waals surface area contributed by atoms with Crippen molar-refractivity contribution in [3.05, 3.63) is 47.0 Å². The lowest BCUT2D eigenvalue weighted by molar-refractivity contribution is 0.0974. The van der Waals surface area contributed by atoms with Crippen LogP contribution in [0.1, 0.15) is 43.8 Å². The number of hydrogen-bond donors (Lipinski definition) is 2. The summed E-state index contributed by atoms with van der Waals surface area (Å²) < 4.78 is 5.29. The van der Waals surface area contributed by atoms with Gasteiger partial charge in [-0.05, 0) is 26.0 Å². The molecular formula is C14H13N3O4. The van der Waals surface area contributed by atoms with E-state index in [4.69, 9.17) is 10.2 Å². The second kappa shape index (κ2) is 5.58. The van der Waals surface area contributed by atoms with Gasteiger partial charge in [-0.1, -0.05) is 0 Å². The number of pyridine rings is 1. The van der Waals surface area contributed by atoms with Crippen LogP contribution in [0.25, 0.3) is 0 Å². The second-order valence-electron chi connectivity index (χ2n) is 4.35. The highest BCUT2D eigenvalue weighted by Crippen LogP contribution is 2.27. The molecule has 0 spiro atoms. The fourth-order valence-corrected chi connectivity index (χ4v) is 1.97. The van der Waals surface area contributed by atoms with Crippen LogP contribution < -0.4 is 11.1 Å². The van der Waals surface area contributed by atoms with Crippen LogP contribution in [-0.4, -0.2) is 22.6 Å². The maximum atomic E-state index is 12.0. The summed E-state index contributed by atoms with van der Waals surface area (Å²) in [6, 6.07) is 3.00. The van der Waals surface area contributed by atoms with Gasteiger partial charge in [-0.15, -0.1) is 0 Å². The molecule has 0 aromatic carbocycles. The molecule has 7 heteroatoms. The lowest BCUT2D eigenvalue weighted by Crippen LogP contribution is -2.19. The van der Waals surface area contributed by atoms with Crippen LogP contribution in [0.4, 0.5) is 5.88 Å². The number of furan rings is 1. The number of aromatic nitrogens is 1. The smallest absolute Gasteiger partial charge is 0.258 e. The van der Waals surface area contributed by atoms with E-state index >= 15 is 0 Å². The quantitative estimate of drug-likeness (QED) is 0.827. The van der Waals surface area contributed by atoms with Crippen molar-refractivity contribution in [1.29, 1.82) is 0 Å². The number of nitrogens with zero attached hydrogens (tertiary/aromatic N) is 1. The van der Waals surface area contributed by atoms with Crippen LogP contribution in [0.2, 0.25) is 0 Å². The minimum absolute atomic E-state index is 0.0764. The number of carbonyl (C=O) groups is 3. The third-order valence-electron chi connectivity index (χ3n) is 2.85. The third kappa shape index (κ3) is 2.81. The number of aryl methyl sites for hydroxylation is 1. The largest absolute Gasteiger partial charge is 0.444 e. The Kier molecular flexibility index (Phi) is 3.84. The van der Waals surface area contributed by atoms with Crippen LogP contribution in [0.5, 0.6) is 0 Å². The molecule has 0 radical (unpaired) electrons. The van der Waals surface area contributed by atoms with Gasteiger partial charge >= 0.3 is 0 Å². The highest BCUT2D eigenvalue weighted by atomic mass is 16.4. The summed E-state index contributed by atoms with van der Waals surface area (Å²) in [6.45, 7) is 2.81. The maximum absolute atomic E-state index is 12.0. The van der Waals surface area contributed by atoms with Crippen LogP contribution in [0.15, 0.2) is 28.9 Å². The zero-order valence-electron chi connectivity index (χ0n) is 11.5. The van der Waals surface area contributed by atoms with Crippen molar-refractivity contribution >= 4 is 23.5 Å². The zero-order valence-corrected chi connectivity index (χ0v) is 11.5. The molecular weight excluding hydrogens is 274 g/mol. The molecule has 2 aromatic rings. The van der Waals surface area contributed by atoms with E-state index in [0.717, 1.165) is 0 Å². The Morgan fingerprint density at radius 3 is 2.33 bits per heavy atom. The lowest BCUT2D eigenvalue weighted by Gasteiger charge is -2.03. The molecule has 0 saturated heterocycles. The minimum atomic E-state index is -0.845. The van der Waals surface area contributed by atoms with Crippen molar-refractivity contribution < 1.29 is 18.8 Å². The first-order valence-corrected chi connectivity index (χ1v) is 6.07. The van der Waals surface area contributed by atoms with Gasteiger partial charge in [0.25, 0.3) is 11.8 Å². The van der Waals surface area contributed by atoms with E-state index in [-0.39, 0.29) is 28.6 Å². The number of amides is 2. The monoisotopic (exact) mass is 287 g/mol. The van der Waals surface area contributed by atoms with E-state index in [0.29, 0.717) is 5.56 Å². The van der Waals surface area contributed by atoms with E-state index < -0.39 is 11.8 Å². The van der Waals surface area contributed by atoms with Gasteiger partial charge in [-0.2, -0.15) is 0 Å². The summed E-state index contributed by atoms with van der Waals surface area (Å²) in [6.07, 6.45) is 2.91. The average Bonchev–Trinajstić information content (AvgIpc) is 2.76. The van der Waals surface area contributed by atoms with Gasteiger partial charge in [-0.25, -0.2) is 0 Å². The van der Waals surface area contributed by atoms with Crippen LogP contribution in [-0.2, 0) is 0 Å². The Hall–Kier alpha value is -2.96. The molecule has 3 N–H and O–H groups in total. The molecule has 108 valence electrons. The normalized spacial score (nSPS) is 10.2. The highest BCUT2D eigenvalue weighted by Gasteiger charge is 2.26. The molecule has 2 rings (SSSR count). The summed E-state index contributed by atoms with van der Waals surface area (Å²) in [5.74, 6) is -1.62. The van der Waals surface area contributed by atoms with E-state index in [1.165, 1.54) is 38.4 Å². The Bertz CT molecular complexity index is 719. The number of Topliss-reactive ketones (excluding diaryl/α,β-unsaturated/α-hetero) is 1. The SMILES string of the molecule is CC(=O)c1c(C)oc(NC(=O)c2ccncc2)c1C(N)=O. The Morgan fingerprint density at radius 1 is 1.19 bits per heavy atom. The first-order valence-electron chi connectivity index (χ1n) is 6.07. The van der Waals surface area contributed by atoms with Gasteiger partial charge in [0.1, 0.15) is 11.3 Å². The topological polar surface area (TPSA) is 115 Å². The van der Waals surface area contributed by atoms with E-state index in [9.17, 15) is 14.4 Å². The van der Waals surface area contributed by atoms with Gasteiger partial charge in [0.05, 0.1) is 5.56 Å². The van der Waals surface area contributed by atoms with Crippen molar-refractivity contribution in [1.82, 2.24) is 4.98 Å². The predicted octanol–water partition coefficient (Wildman–Crippen LogP) is 1.54. The standard InChI is InChI=1S/C14H13N3O4/c1-7(18)10-8(2)21-14(11(10)12(15)19)17-13(20)9-3-5-16-6-4-9/h3-6H,1-2H3,(H2,15,19)(H,17,20). The Balaban J connectivity index is 2.41. The van der Waals surface area contributed by atoms with E-state index in [1.807, 2.05) is 0 Å². The number of rotatable bonds is 4. The first kappa shape index (κ1) is 14.4. The molecule has 21 heavy (non-hydrogen) atoms. The fraction of sp³-hybridized carbons (Fsp3) is 0.143. The fourth-order valence-electron chi connectivity index (χ4n) is 1.97. The average molecular weight is 287 g/mol. The van der Waals surface area contributed by atoms with Crippen molar-refractivity contribution in [2.24, 2.45) is 5.73 Å². The highest BCUT2D eigenvalue weighted by molar-refractivity contribution is 6.13.